The van der Waals surface area contributed by atoms with E-state index in [4.69, 9.17) is 9.31 Å². The van der Waals surface area contributed by atoms with E-state index >= 15 is 0 Å². The third-order valence-corrected chi connectivity index (χ3v) is 6.94. The molecule has 2 N–H and O–H groups in total. The Morgan fingerprint density at radius 3 is 2.30 bits per heavy atom. The molecule has 0 bridgehead atoms. The van der Waals surface area contributed by atoms with E-state index in [0.717, 1.165) is 16.6 Å². The number of nitriles is 1. The molecule has 190 valence electrons. The van der Waals surface area contributed by atoms with Gasteiger partial charge in [-0.25, -0.2) is 9.37 Å². The quantitative estimate of drug-likeness (QED) is 0.464. The Bertz CT molecular complexity index is 1300. The van der Waals surface area contributed by atoms with Gasteiger partial charge in [0.25, 0.3) is 5.91 Å². The first-order chi connectivity index (χ1) is 17.5. The zero-order valence-electron chi connectivity index (χ0n) is 21.6. The molecule has 0 radical (unpaired) electrons. The van der Waals surface area contributed by atoms with Crippen LogP contribution in [0.1, 0.15) is 67.7 Å². The molecule has 37 heavy (non-hydrogen) atoms. The number of aromatic nitrogens is 1. The van der Waals surface area contributed by atoms with Crippen molar-refractivity contribution >= 4 is 24.3 Å². The molecular formula is C28H30BFN4O3. The lowest BCUT2D eigenvalue weighted by Gasteiger charge is -2.32. The summed E-state index contributed by atoms with van der Waals surface area (Å²) in [5, 5.41) is 15.4. The lowest BCUT2D eigenvalue weighted by Crippen LogP contribution is -2.41. The number of hydrogen-bond donors (Lipinski definition) is 2. The maximum Gasteiger partial charge on any atom is 0.494 e. The number of amides is 1. The number of anilines is 1. The molecule has 1 aromatic heterocycles. The minimum absolute atomic E-state index is 0.252. The molecule has 9 heteroatoms. The van der Waals surface area contributed by atoms with Crippen LogP contribution in [-0.4, -0.2) is 29.2 Å². The summed E-state index contributed by atoms with van der Waals surface area (Å²) < 4.78 is 25.5. The molecule has 2 heterocycles. The molecule has 0 spiro atoms. The fourth-order valence-corrected chi connectivity index (χ4v) is 3.91. The van der Waals surface area contributed by atoms with Gasteiger partial charge in [0.2, 0.25) is 0 Å². The second-order valence-corrected chi connectivity index (χ2v) is 10.2. The lowest BCUT2D eigenvalue weighted by molar-refractivity contribution is 0.00578. The highest BCUT2D eigenvalue weighted by Crippen LogP contribution is 2.36. The number of nitrogens with zero attached hydrogens (tertiary/aromatic N) is 2. The van der Waals surface area contributed by atoms with E-state index in [1.807, 2.05) is 58.0 Å². The Hall–Kier alpha value is -3.74. The summed E-state index contributed by atoms with van der Waals surface area (Å²) in [6, 6.07) is 17.0. The smallest absolute Gasteiger partial charge is 0.399 e. The average Bonchev–Trinajstić information content (AvgIpc) is 3.09. The SMILES string of the molecule is CC(NC(=O)c1cc(C#N)cnc1NCc1ccc(B2OC(C)(C)C(C)(C)O2)cc1)c1ccc(F)cc1. The molecule has 3 aromatic rings. The van der Waals surface area contributed by atoms with Crippen molar-refractivity contribution in [2.45, 2.75) is 58.4 Å². The largest absolute Gasteiger partial charge is 0.494 e. The van der Waals surface area contributed by atoms with Gasteiger partial charge in [-0.2, -0.15) is 5.26 Å². The van der Waals surface area contributed by atoms with Crippen LogP contribution >= 0.6 is 0 Å². The lowest BCUT2D eigenvalue weighted by atomic mass is 9.79. The summed E-state index contributed by atoms with van der Waals surface area (Å²) in [5.41, 5.74) is 2.36. The van der Waals surface area contributed by atoms with Crippen LogP contribution in [0.25, 0.3) is 0 Å². The molecule has 1 saturated heterocycles. The number of pyridine rings is 1. The van der Waals surface area contributed by atoms with Crippen LogP contribution < -0.4 is 16.1 Å². The van der Waals surface area contributed by atoms with Crippen molar-refractivity contribution in [2.24, 2.45) is 0 Å². The van der Waals surface area contributed by atoms with E-state index in [9.17, 15) is 14.4 Å². The maximum atomic E-state index is 13.3. The highest BCUT2D eigenvalue weighted by atomic mass is 19.1. The number of hydrogen-bond acceptors (Lipinski definition) is 6. The molecule has 1 unspecified atom stereocenters. The average molecular weight is 500 g/mol. The van der Waals surface area contributed by atoms with Gasteiger partial charge in [-0.15, -0.1) is 0 Å². The second kappa shape index (κ2) is 10.3. The summed E-state index contributed by atoms with van der Waals surface area (Å²) >= 11 is 0. The Kier molecular flexibility index (Phi) is 7.35. The van der Waals surface area contributed by atoms with Gasteiger partial charge in [-0.3, -0.25) is 4.79 Å². The van der Waals surface area contributed by atoms with Crippen molar-refractivity contribution in [3.8, 4) is 6.07 Å². The van der Waals surface area contributed by atoms with E-state index in [1.54, 1.807) is 19.1 Å². The van der Waals surface area contributed by atoms with Gasteiger partial charge in [-0.1, -0.05) is 36.4 Å². The highest BCUT2D eigenvalue weighted by Gasteiger charge is 2.51. The molecule has 2 aromatic carbocycles. The fourth-order valence-electron chi connectivity index (χ4n) is 3.91. The number of carbonyl (C=O) groups excluding carboxylic acids is 1. The number of halogens is 1. The zero-order valence-corrected chi connectivity index (χ0v) is 21.6. The van der Waals surface area contributed by atoms with Gasteiger partial charge in [0, 0.05) is 12.7 Å². The van der Waals surface area contributed by atoms with Crippen LogP contribution in [0.15, 0.2) is 60.8 Å². The van der Waals surface area contributed by atoms with E-state index in [2.05, 4.69) is 15.6 Å². The van der Waals surface area contributed by atoms with Gasteiger partial charge in [0.1, 0.15) is 17.7 Å². The minimum Gasteiger partial charge on any atom is -0.399 e. The van der Waals surface area contributed by atoms with Crippen molar-refractivity contribution in [2.75, 3.05) is 5.32 Å². The second-order valence-electron chi connectivity index (χ2n) is 10.2. The monoisotopic (exact) mass is 500 g/mol. The third-order valence-electron chi connectivity index (χ3n) is 6.94. The van der Waals surface area contributed by atoms with Crippen LogP contribution in [-0.2, 0) is 15.9 Å². The van der Waals surface area contributed by atoms with Gasteiger partial charge in [0.05, 0.1) is 28.4 Å². The normalized spacial score (nSPS) is 16.6. The van der Waals surface area contributed by atoms with Crippen LogP contribution in [0.3, 0.4) is 0 Å². The Morgan fingerprint density at radius 2 is 1.70 bits per heavy atom. The molecule has 1 amide bonds. The number of nitrogens with one attached hydrogen (secondary N) is 2. The number of rotatable bonds is 7. The predicted octanol–water partition coefficient (Wildman–Crippen LogP) is 4.49. The Balaban J connectivity index is 1.45. The van der Waals surface area contributed by atoms with Gasteiger partial charge >= 0.3 is 7.12 Å². The molecular weight excluding hydrogens is 470 g/mol. The minimum atomic E-state index is -0.439. The van der Waals surface area contributed by atoms with Crippen molar-refractivity contribution in [3.05, 3.63) is 88.9 Å². The summed E-state index contributed by atoms with van der Waals surface area (Å²) in [5.74, 6) is -0.374. The summed E-state index contributed by atoms with van der Waals surface area (Å²) in [6.45, 7) is 10.3. The van der Waals surface area contributed by atoms with Crippen LogP contribution in [0.2, 0.25) is 0 Å². The molecule has 1 aliphatic heterocycles. The summed E-state index contributed by atoms with van der Waals surface area (Å²) in [7, 11) is -0.439. The molecule has 1 aliphatic rings. The summed E-state index contributed by atoms with van der Waals surface area (Å²) in [6.07, 6.45) is 1.42. The van der Waals surface area contributed by atoms with Gasteiger partial charge in [0.15, 0.2) is 0 Å². The first-order valence-corrected chi connectivity index (χ1v) is 12.1. The maximum absolute atomic E-state index is 13.3. The molecule has 0 aliphatic carbocycles. The third kappa shape index (κ3) is 5.82. The van der Waals surface area contributed by atoms with Crippen LogP contribution in [0.4, 0.5) is 10.2 Å². The molecule has 4 rings (SSSR count). The van der Waals surface area contributed by atoms with Crippen molar-refractivity contribution in [1.29, 1.82) is 5.26 Å². The molecule has 1 atom stereocenters. The summed E-state index contributed by atoms with van der Waals surface area (Å²) in [4.78, 5) is 17.4. The molecule has 0 saturated carbocycles. The van der Waals surface area contributed by atoms with Crippen LogP contribution in [0.5, 0.6) is 0 Å². The van der Waals surface area contributed by atoms with Crippen LogP contribution in [0, 0.1) is 17.1 Å². The predicted molar refractivity (Wildman–Crippen MR) is 141 cm³/mol. The van der Waals surface area contributed by atoms with Crippen molar-refractivity contribution in [3.63, 3.8) is 0 Å². The topological polar surface area (TPSA) is 96.3 Å². The Morgan fingerprint density at radius 1 is 1.08 bits per heavy atom. The first kappa shape index (κ1) is 26.3. The fraction of sp³-hybridized carbons (Fsp3) is 0.321. The molecule has 1 fully saturated rings. The van der Waals surface area contributed by atoms with E-state index in [0.29, 0.717) is 12.4 Å². The van der Waals surface area contributed by atoms with Crippen molar-refractivity contribution in [1.82, 2.24) is 10.3 Å². The number of carbonyl (C=O) groups is 1. The standard InChI is InChI=1S/C28H30BFN4O3/c1-18(21-8-12-23(30)13-9-21)34-26(35)24-14-20(15-31)17-33-25(24)32-16-19-6-10-22(11-7-19)29-36-27(2,3)28(4,5)37-29/h6-14,17-18H,16H2,1-5H3,(H,32,33)(H,34,35). The van der Waals surface area contributed by atoms with E-state index in [-0.39, 0.29) is 28.9 Å². The van der Waals surface area contributed by atoms with E-state index in [1.165, 1.54) is 24.4 Å². The zero-order chi connectivity index (χ0) is 26.8. The number of benzene rings is 2. The molecule has 7 nitrogen and oxygen atoms in total. The Labute approximate surface area is 217 Å². The highest BCUT2D eigenvalue weighted by molar-refractivity contribution is 6.62. The van der Waals surface area contributed by atoms with Gasteiger partial charge in [-0.05, 0) is 69.4 Å². The van der Waals surface area contributed by atoms with E-state index < -0.39 is 18.3 Å². The first-order valence-electron chi connectivity index (χ1n) is 12.1. The van der Waals surface area contributed by atoms with Crippen molar-refractivity contribution < 1.29 is 18.5 Å². The van der Waals surface area contributed by atoms with Gasteiger partial charge < -0.3 is 19.9 Å².